The third kappa shape index (κ3) is 6.34. The molecule has 0 aliphatic rings. The molecule has 4 aromatic rings. The van der Waals surface area contributed by atoms with E-state index in [-0.39, 0.29) is 28.5 Å². The number of anilines is 1. The Kier molecular flexibility index (Phi) is 8.90. The Balaban J connectivity index is 1.69. The summed E-state index contributed by atoms with van der Waals surface area (Å²) >= 11 is 3.38. The number of nitro benzene ring substituents is 1. The molecule has 0 saturated carbocycles. The van der Waals surface area contributed by atoms with Gasteiger partial charge in [0.25, 0.3) is 11.5 Å². The van der Waals surface area contributed by atoms with Crippen molar-refractivity contribution in [3.05, 3.63) is 97.0 Å². The number of nitrogens with one attached hydrogen (secondary N) is 1. The van der Waals surface area contributed by atoms with Crippen LogP contribution in [-0.2, 0) is 4.79 Å². The number of aromatic nitrogens is 2. The molecular formula is C28H26BrN5O6. The normalized spacial score (nSPS) is 11.9. The van der Waals surface area contributed by atoms with E-state index in [1.807, 2.05) is 26.0 Å². The second-order valence-electron chi connectivity index (χ2n) is 8.83. The van der Waals surface area contributed by atoms with Crippen molar-refractivity contribution in [2.45, 2.75) is 26.2 Å². The Bertz CT molecular complexity index is 1660. The van der Waals surface area contributed by atoms with Crippen LogP contribution in [0.15, 0.2) is 75.0 Å². The van der Waals surface area contributed by atoms with Gasteiger partial charge in [-0.2, -0.15) is 9.78 Å². The quantitative estimate of drug-likeness (QED) is 0.143. The van der Waals surface area contributed by atoms with E-state index >= 15 is 0 Å². The fourth-order valence-corrected chi connectivity index (χ4v) is 4.24. The molecule has 40 heavy (non-hydrogen) atoms. The minimum atomic E-state index is -0.643. The number of methoxy groups -OCH3 is 1. The van der Waals surface area contributed by atoms with E-state index in [0.29, 0.717) is 28.8 Å². The molecule has 3 aromatic carbocycles. The van der Waals surface area contributed by atoms with E-state index in [1.54, 1.807) is 36.4 Å². The van der Waals surface area contributed by atoms with Crippen LogP contribution in [-0.4, -0.2) is 40.4 Å². The number of fused-ring (bicyclic) bond motifs is 1. The predicted octanol–water partition coefficient (Wildman–Crippen LogP) is 5.49. The molecule has 0 saturated heterocycles. The van der Waals surface area contributed by atoms with E-state index in [1.165, 1.54) is 30.1 Å². The van der Waals surface area contributed by atoms with Crippen LogP contribution in [0.5, 0.6) is 11.5 Å². The highest BCUT2D eigenvalue weighted by molar-refractivity contribution is 9.10. The molecule has 1 amide bonds. The average molecular weight is 608 g/mol. The molecule has 0 bridgehead atoms. The summed E-state index contributed by atoms with van der Waals surface area (Å²) in [4.78, 5) is 41.7. The van der Waals surface area contributed by atoms with E-state index in [0.717, 1.165) is 4.47 Å². The fourth-order valence-electron chi connectivity index (χ4n) is 3.87. The molecule has 0 radical (unpaired) electrons. The van der Waals surface area contributed by atoms with Crippen LogP contribution in [0, 0.1) is 10.1 Å². The van der Waals surface area contributed by atoms with Gasteiger partial charge in [-0.3, -0.25) is 19.7 Å². The highest BCUT2D eigenvalue weighted by Gasteiger charge is 2.23. The Morgan fingerprint density at radius 1 is 1.23 bits per heavy atom. The van der Waals surface area contributed by atoms with Gasteiger partial charge in [-0.25, -0.2) is 4.98 Å². The monoisotopic (exact) mass is 607 g/mol. The highest BCUT2D eigenvalue weighted by Crippen LogP contribution is 2.38. The first-order valence-electron chi connectivity index (χ1n) is 12.3. The molecule has 1 atom stereocenters. The van der Waals surface area contributed by atoms with E-state index in [4.69, 9.17) is 9.47 Å². The number of nitrogens with zero attached hydrogens (tertiary/aromatic N) is 4. The number of carbonyl (C=O) groups is 1. The number of ether oxygens (including phenoxy) is 2. The summed E-state index contributed by atoms with van der Waals surface area (Å²) < 4.78 is 12.8. The minimum absolute atomic E-state index is 0.0261. The summed E-state index contributed by atoms with van der Waals surface area (Å²) in [6.45, 7) is 3.43. The molecule has 0 unspecified atom stereocenters. The Hall–Kier alpha value is -4.58. The standard InChI is InChI=1S/C28H26BrN5O6/c1-4-17(2)27-32-22-11-10-19(29)14-21(22)28(36)33(27)30-15-18-12-23(34(37)38)26(24(13-18)39-3)40-16-25(35)31-20-8-6-5-7-9-20/h5-15,17H,4,16H2,1-3H3,(H,31,35)/t17-/m0/s1. The maximum absolute atomic E-state index is 13.4. The van der Waals surface area contributed by atoms with Gasteiger partial charge in [0.1, 0.15) is 5.82 Å². The predicted molar refractivity (Wildman–Crippen MR) is 156 cm³/mol. The second kappa shape index (κ2) is 12.5. The Morgan fingerprint density at radius 3 is 2.65 bits per heavy atom. The highest BCUT2D eigenvalue weighted by atomic mass is 79.9. The number of nitro groups is 1. The van der Waals surface area contributed by atoms with Gasteiger partial charge in [0, 0.05) is 27.7 Å². The maximum atomic E-state index is 13.4. The molecule has 1 aromatic heterocycles. The molecule has 0 aliphatic heterocycles. The summed E-state index contributed by atoms with van der Waals surface area (Å²) in [5.41, 5.74) is 0.588. The third-order valence-electron chi connectivity index (χ3n) is 6.09. The van der Waals surface area contributed by atoms with Crippen molar-refractivity contribution in [3.8, 4) is 11.5 Å². The summed E-state index contributed by atoms with van der Waals surface area (Å²) in [5, 5.41) is 19.3. The molecule has 11 nitrogen and oxygen atoms in total. The van der Waals surface area contributed by atoms with Crippen molar-refractivity contribution < 1.29 is 19.2 Å². The van der Waals surface area contributed by atoms with E-state index < -0.39 is 23.1 Å². The number of benzene rings is 3. The maximum Gasteiger partial charge on any atom is 0.315 e. The summed E-state index contributed by atoms with van der Waals surface area (Å²) in [5.74, 6) is -0.301. The summed E-state index contributed by atoms with van der Waals surface area (Å²) in [6.07, 6.45) is 2.04. The lowest BCUT2D eigenvalue weighted by atomic mass is 10.1. The first kappa shape index (κ1) is 28.4. The van der Waals surface area contributed by atoms with Crippen LogP contribution >= 0.6 is 15.9 Å². The van der Waals surface area contributed by atoms with Gasteiger partial charge in [0.05, 0.1) is 29.2 Å². The van der Waals surface area contributed by atoms with Crippen LogP contribution < -0.4 is 20.3 Å². The molecule has 1 heterocycles. The molecule has 4 rings (SSSR count). The lowest BCUT2D eigenvalue weighted by molar-refractivity contribution is -0.385. The average Bonchev–Trinajstić information content (AvgIpc) is 2.95. The summed E-state index contributed by atoms with van der Waals surface area (Å²) in [6, 6.07) is 16.7. The third-order valence-corrected chi connectivity index (χ3v) is 6.58. The molecular weight excluding hydrogens is 582 g/mol. The van der Waals surface area contributed by atoms with Gasteiger partial charge in [-0.15, -0.1) is 0 Å². The van der Waals surface area contributed by atoms with Gasteiger partial charge < -0.3 is 14.8 Å². The van der Waals surface area contributed by atoms with Crippen LogP contribution in [0.3, 0.4) is 0 Å². The molecule has 0 aliphatic carbocycles. The van der Waals surface area contributed by atoms with Gasteiger partial charge >= 0.3 is 5.69 Å². The number of amides is 1. The van der Waals surface area contributed by atoms with E-state index in [2.05, 4.69) is 31.3 Å². The largest absolute Gasteiger partial charge is 0.493 e. The smallest absolute Gasteiger partial charge is 0.315 e. The number of halogens is 1. The SMILES string of the molecule is CC[C@H](C)c1nc2ccc(Br)cc2c(=O)n1N=Cc1cc(OC)c(OCC(=O)Nc2ccccc2)c([N+](=O)[O-])c1. The zero-order chi connectivity index (χ0) is 28.8. The number of hydrogen-bond acceptors (Lipinski definition) is 8. The van der Waals surface area contributed by atoms with Gasteiger partial charge in [-0.05, 0) is 42.8 Å². The van der Waals surface area contributed by atoms with Crippen molar-refractivity contribution in [1.82, 2.24) is 9.66 Å². The lowest BCUT2D eigenvalue weighted by Crippen LogP contribution is -2.23. The van der Waals surface area contributed by atoms with Crippen molar-refractivity contribution in [2.75, 3.05) is 19.0 Å². The van der Waals surface area contributed by atoms with Crippen molar-refractivity contribution >= 4 is 50.3 Å². The van der Waals surface area contributed by atoms with Crippen molar-refractivity contribution in [1.29, 1.82) is 0 Å². The van der Waals surface area contributed by atoms with Crippen molar-refractivity contribution in [3.63, 3.8) is 0 Å². The zero-order valence-electron chi connectivity index (χ0n) is 22.0. The molecule has 0 fully saturated rings. The molecule has 0 spiro atoms. The molecule has 1 N–H and O–H groups in total. The number of hydrogen-bond donors (Lipinski definition) is 1. The zero-order valence-corrected chi connectivity index (χ0v) is 23.5. The van der Waals surface area contributed by atoms with Crippen LogP contribution in [0.1, 0.15) is 37.6 Å². The number of rotatable bonds is 10. The van der Waals surface area contributed by atoms with Crippen LogP contribution in [0.25, 0.3) is 10.9 Å². The molecule has 206 valence electrons. The van der Waals surface area contributed by atoms with Gasteiger partial charge in [0.2, 0.25) is 5.75 Å². The topological polar surface area (TPSA) is 138 Å². The number of carbonyl (C=O) groups excluding carboxylic acids is 1. The Labute approximate surface area is 237 Å². The van der Waals surface area contributed by atoms with Crippen LogP contribution in [0.2, 0.25) is 0 Å². The second-order valence-corrected chi connectivity index (χ2v) is 9.75. The van der Waals surface area contributed by atoms with E-state index in [9.17, 15) is 19.7 Å². The lowest BCUT2D eigenvalue weighted by Gasteiger charge is -2.14. The fraction of sp³-hybridized carbons (Fsp3) is 0.214. The van der Waals surface area contributed by atoms with Gasteiger partial charge in [-0.1, -0.05) is 48.0 Å². The van der Waals surface area contributed by atoms with Crippen LogP contribution in [0.4, 0.5) is 11.4 Å². The first-order chi connectivity index (χ1) is 19.2. The van der Waals surface area contributed by atoms with Gasteiger partial charge in [0.15, 0.2) is 12.4 Å². The molecule has 12 heteroatoms. The number of para-hydroxylation sites is 1. The van der Waals surface area contributed by atoms with Crippen molar-refractivity contribution in [2.24, 2.45) is 5.10 Å². The Morgan fingerprint density at radius 2 is 1.98 bits per heavy atom. The minimum Gasteiger partial charge on any atom is -0.493 e. The first-order valence-corrected chi connectivity index (χ1v) is 13.1. The summed E-state index contributed by atoms with van der Waals surface area (Å²) in [7, 11) is 1.33.